The quantitative estimate of drug-likeness (QED) is 0.645. The van der Waals surface area contributed by atoms with E-state index < -0.39 is 0 Å². The Morgan fingerprint density at radius 1 is 1.46 bits per heavy atom. The molecule has 1 aromatic carbocycles. The first-order valence-electron chi connectivity index (χ1n) is 4.06. The van der Waals surface area contributed by atoms with Gasteiger partial charge in [0.25, 0.3) is 0 Å². The average molecular weight is 201 g/mol. The molecular weight excluding hydrogens is 188 g/mol. The van der Waals surface area contributed by atoms with Gasteiger partial charge in [0.1, 0.15) is 0 Å². The Morgan fingerprint density at radius 3 is 2.69 bits per heavy atom. The van der Waals surface area contributed by atoms with E-state index in [0.29, 0.717) is 17.1 Å². The SMILES string of the molecule is Nc1ccc(C(N)CCO)cc1Cl. The Kier molecular flexibility index (Phi) is 3.54. The predicted octanol–water partition coefficient (Wildman–Crippen LogP) is 1.30. The van der Waals surface area contributed by atoms with Crippen LogP contribution in [0.2, 0.25) is 5.02 Å². The van der Waals surface area contributed by atoms with Crippen molar-refractivity contribution in [2.75, 3.05) is 12.3 Å². The second kappa shape index (κ2) is 4.46. The van der Waals surface area contributed by atoms with Gasteiger partial charge in [-0.2, -0.15) is 0 Å². The van der Waals surface area contributed by atoms with Gasteiger partial charge in [-0.25, -0.2) is 0 Å². The van der Waals surface area contributed by atoms with Crippen LogP contribution in [0.25, 0.3) is 0 Å². The fourth-order valence-electron chi connectivity index (χ4n) is 1.08. The molecule has 0 aliphatic heterocycles. The molecule has 0 aliphatic rings. The molecule has 0 amide bonds. The van der Waals surface area contributed by atoms with Crippen molar-refractivity contribution >= 4 is 17.3 Å². The standard InChI is InChI=1S/C9H13ClN2O/c10-7-5-6(1-2-9(7)12)8(11)3-4-13/h1-2,5,8,13H,3-4,11-12H2. The molecule has 0 aliphatic carbocycles. The molecule has 1 rings (SSSR count). The largest absolute Gasteiger partial charge is 0.398 e. The third kappa shape index (κ3) is 2.59. The monoisotopic (exact) mass is 200 g/mol. The molecule has 0 fully saturated rings. The van der Waals surface area contributed by atoms with E-state index in [0.717, 1.165) is 5.56 Å². The zero-order valence-corrected chi connectivity index (χ0v) is 7.96. The van der Waals surface area contributed by atoms with Crippen molar-refractivity contribution in [1.29, 1.82) is 0 Å². The highest BCUT2D eigenvalue weighted by atomic mass is 35.5. The van der Waals surface area contributed by atoms with Crippen LogP contribution in [0.1, 0.15) is 18.0 Å². The van der Waals surface area contributed by atoms with Crippen LogP contribution < -0.4 is 11.5 Å². The fraction of sp³-hybridized carbons (Fsp3) is 0.333. The maximum atomic E-state index is 8.68. The van der Waals surface area contributed by atoms with Crippen molar-refractivity contribution in [3.63, 3.8) is 0 Å². The van der Waals surface area contributed by atoms with Crippen molar-refractivity contribution in [2.45, 2.75) is 12.5 Å². The van der Waals surface area contributed by atoms with Crippen molar-refractivity contribution < 1.29 is 5.11 Å². The number of halogens is 1. The van der Waals surface area contributed by atoms with Crippen LogP contribution in [-0.4, -0.2) is 11.7 Å². The third-order valence-electron chi connectivity index (χ3n) is 1.89. The molecule has 0 radical (unpaired) electrons. The summed E-state index contributed by atoms with van der Waals surface area (Å²) in [5, 5.41) is 9.19. The number of aliphatic hydroxyl groups excluding tert-OH is 1. The van der Waals surface area contributed by atoms with Gasteiger partial charge >= 0.3 is 0 Å². The summed E-state index contributed by atoms with van der Waals surface area (Å²) in [5.74, 6) is 0. The van der Waals surface area contributed by atoms with Crippen LogP contribution in [-0.2, 0) is 0 Å². The van der Waals surface area contributed by atoms with E-state index in [4.69, 9.17) is 28.2 Å². The fourth-order valence-corrected chi connectivity index (χ4v) is 1.27. The van der Waals surface area contributed by atoms with Crippen LogP contribution in [0, 0.1) is 0 Å². The van der Waals surface area contributed by atoms with Gasteiger partial charge in [0, 0.05) is 12.6 Å². The number of aliphatic hydroxyl groups is 1. The highest BCUT2D eigenvalue weighted by molar-refractivity contribution is 6.33. The minimum absolute atomic E-state index is 0.0726. The molecule has 1 atom stereocenters. The number of hydrogen-bond donors (Lipinski definition) is 3. The molecule has 1 aromatic rings. The van der Waals surface area contributed by atoms with Crippen LogP contribution >= 0.6 is 11.6 Å². The van der Waals surface area contributed by atoms with E-state index in [9.17, 15) is 0 Å². The summed E-state index contributed by atoms with van der Waals surface area (Å²) < 4.78 is 0. The average Bonchev–Trinajstić information content (AvgIpc) is 2.10. The maximum absolute atomic E-state index is 8.68. The van der Waals surface area contributed by atoms with Crippen LogP contribution in [0.5, 0.6) is 0 Å². The van der Waals surface area contributed by atoms with Crippen LogP contribution in [0.15, 0.2) is 18.2 Å². The molecular formula is C9H13ClN2O. The number of rotatable bonds is 3. The van der Waals surface area contributed by atoms with E-state index in [2.05, 4.69) is 0 Å². The first-order valence-corrected chi connectivity index (χ1v) is 4.44. The molecule has 0 aromatic heterocycles. The molecule has 1 unspecified atom stereocenters. The molecule has 0 bridgehead atoms. The highest BCUT2D eigenvalue weighted by Crippen LogP contribution is 2.23. The van der Waals surface area contributed by atoms with E-state index in [1.165, 1.54) is 0 Å². The van der Waals surface area contributed by atoms with Crippen molar-refractivity contribution in [1.82, 2.24) is 0 Å². The smallest absolute Gasteiger partial charge is 0.0638 e. The van der Waals surface area contributed by atoms with Gasteiger partial charge in [-0.1, -0.05) is 17.7 Å². The minimum Gasteiger partial charge on any atom is -0.398 e. The Hall–Kier alpha value is -0.770. The molecule has 0 spiro atoms. The van der Waals surface area contributed by atoms with E-state index >= 15 is 0 Å². The van der Waals surface area contributed by atoms with Gasteiger partial charge in [-0.3, -0.25) is 0 Å². The van der Waals surface area contributed by atoms with Gasteiger partial charge in [0.15, 0.2) is 0 Å². The number of anilines is 1. The highest BCUT2D eigenvalue weighted by Gasteiger charge is 2.06. The van der Waals surface area contributed by atoms with Crippen molar-refractivity contribution in [2.24, 2.45) is 5.73 Å². The topological polar surface area (TPSA) is 72.3 Å². The first kappa shape index (κ1) is 10.3. The van der Waals surface area contributed by atoms with Crippen molar-refractivity contribution in [3.05, 3.63) is 28.8 Å². The van der Waals surface area contributed by atoms with E-state index in [1.807, 2.05) is 6.07 Å². The van der Waals surface area contributed by atoms with Gasteiger partial charge in [-0.15, -0.1) is 0 Å². The second-order valence-electron chi connectivity index (χ2n) is 2.90. The lowest BCUT2D eigenvalue weighted by Crippen LogP contribution is -2.11. The first-order chi connectivity index (χ1) is 6.15. The summed E-state index contributed by atoms with van der Waals surface area (Å²) >= 11 is 5.82. The number of nitrogen functional groups attached to an aromatic ring is 1. The number of nitrogens with two attached hydrogens (primary N) is 2. The molecule has 0 heterocycles. The molecule has 0 saturated heterocycles. The van der Waals surface area contributed by atoms with Gasteiger partial charge in [-0.05, 0) is 24.1 Å². The Labute approximate surface area is 82.3 Å². The third-order valence-corrected chi connectivity index (χ3v) is 2.22. The zero-order valence-electron chi connectivity index (χ0n) is 7.20. The normalized spacial score (nSPS) is 12.8. The van der Waals surface area contributed by atoms with E-state index in [-0.39, 0.29) is 12.6 Å². The maximum Gasteiger partial charge on any atom is 0.0638 e. The Balaban J connectivity index is 2.84. The molecule has 0 saturated carbocycles. The predicted molar refractivity (Wildman–Crippen MR) is 54.5 cm³/mol. The number of hydrogen-bond acceptors (Lipinski definition) is 3. The summed E-state index contributed by atoms with van der Waals surface area (Å²) in [6.45, 7) is 0.0726. The van der Waals surface area contributed by atoms with Gasteiger partial charge < -0.3 is 16.6 Å². The second-order valence-corrected chi connectivity index (χ2v) is 3.31. The summed E-state index contributed by atoms with van der Waals surface area (Å²) in [6.07, 6.45) is 0.528. The lowest BCUT2D eigenvalue weighted by atomic mass is 10.0. The molecule has 3 nitrogen and oxygen atoms in total. The van der Waals surface area contributed by atoms with Crippen LogP contribution in [0.4, 0.5) is 5.69 Å². The summed E-state index contributed by atoms with van der Waals surface area (Å²) in [5.41, 5.74) is 12.7. The molecule has 72 valence electrons. The van der Waals surface area contributed by atoms with Gasteiger partial charge in [0.2, 0.25) is 0 Å². The lowest BCUT2D eigenvalue weighted by molar-refractivity contribution is 0.276. The van der Waals surface area contributed by atoms with E-state index in [1.54, 1.807) is 12.1 Å². The summed E-state index contributed by atoms with van der Waals surface area (Å²) in [4.78, 5) is 0. The lowest BCUT2D eigenvalue weighted by Gasteiger charge is -2.11. The minimum atomic E-state index is -0.178. The Bertz CT molecular complexity index is 291. The molecule has 4 heteroatoms. The molecule has 5 N–H and O–H groups in total. The van der Waals surface area contributed by atoms with Gasteiger partial charge in [0.05, 0.1) is 10.7 Å². The summed E-state index contributed by atoms with van der Waals surface area (Å²) in [6, 6.07) is 5.09. The van der Waals surface area contributed by atoms with Crippen molar-refractivity contribution in [3.8, 4) is 0 Å². The zero-order chi connectivity index (χ0) is 9.84. The molecule has 13 heavy (non-hydrogen) atoms. The number of benzene rings is 1. The summed E-state index contributed by atoms with van der Waals surface area (Å²) in [7, 11) is 0. The Morgan fingerprint density at radius 2 is 2.15 bits per heavy atom. The van der Waals surface area contributed by atoms with Crippen LogP contribution in [0.3, 0.4) is 0 Å².